The largest absolute Gasteiger partial charge is 0.484 e. The highest BCUT2D eigenvalue weighted by Crippen LogP contribution is 2.42. The summed E-state index contributed by atoms with van der Waals surface area (Å²) in [6.45, 7) is 2.59. The Kier molecular flexibility index (Phi) is 5.28. The number of benzene rings is 2. The van der Waals surface area contributed by atoms with E-state index in [9.17, 15) is 14.3 Å². The smallest absolute Gasteiger partial charge is 0.324 e. The number of amides is 2. The summed E-state index contributed by atoms with van der Waals surface area (Å²) in [4.78, 5) is 18.0. The molecule has 2 heterocycles. The van der Waals surface area contributed by atoms with Crippen LogP contribution in [0, 0.1) is 5.82 Å². The molecule has 6 nitrogen and oxygen atoms in total. The predicted molar refractivity (Wildman–Crippen MR) is 116 cm³/mol. The molecule has 2 fully saturated rings. The maximum absolute atomic E-state index is 14.7. The number of aliphatic hydroxyl groups excluding tert-OH is 1. The molecule has 164 valence electrons. The van der Waals surface area contributed by atoms with Gasteiger partial charge in [-0.15, -0.1) is 0 Å². The first-order valence-electron chi connectivity index (χ1n) is 10.6. The summed E-state index contributed by atoms with van der Waals surface area (Å²) in [5.74, 6) is 0.292. The lowest BCUT2D eigenvalue weighted by Gasteiger charge is -2.30. The van der Waals surface area contributed by atoms with E-state index in [1.165, 1.54) is 6.07 Å². The van der Waals surface area contributed by atoms with E-state index >= 15 is 0 Å². The number of carbonyl (C=O) groups excluding carboxylic acids is 1. The van der Waals surface area contributed by atoms with E-state index in [2.05, 4.69) is 4.90 Å². The van der Waals surface area contributed by atoms with Gasteiger partial charge in [0.2, 0.25) is 0 Å². The number of carbonyl (C=O) groups is 1. The molecule has 2 aromatic carbocycles. The maximum atomic E-state index is 14.7. The van der Waals surface area contributed by atoms with Crippen LogP contribution in [0.5, 0.6) is 5.75 Å². The van der Waals surface area contributed by atoms with Crippen molar-refractivity contribution in [1.82, 2.24) is 9.80 Å². The van der Waals surface area contributed by atoms with Gasteiger partial charge >= 0.3 is 6.03 Å². The SMILES string of the molecule is CN1CCN(c2cccc(O[C@H]3c4cc(Cl)cc(F)c4C[C@@H]3N3CC[C@@H](O)C3)c2)C1=O. The van der Waals surface area contributed by atoms with Crippen LogP contribution in [0.25, 0.3) is 0 Å². The van der Waals surface area contributed by atoms with Gasteiger partial charge in [-0.2, -0.15) is 0 Å². The van der Waals surface area contributed by atoms with Crippen LogP contribution >= 0.6 is 11.6 Å². The highest BCUT2D eigenvalue weighted by Gasteiger charge is 2.42. The molecule has 0 aromatic heterocycles. The van der Waals surface area contributed by atoms with Crippen molar-refractivity contribution in [2.45, 2.75) is 31.1 Å². The Bertz CT molecular complexity index is 1020. The molecule has 8 heteroatoms. The number of aliphatic hydroxyl groups is 1. The first-order chi connectivity index (χ1) is 14.9. The van der Waals surface area contributed by atoms with Gasteiger partial charge in [0.25, 0.3) is 0 Å². The highest BCUT2D eigenvalue weighted by molar-refractivity contribution is 6.30. The normalized spacial score (nSPS) is 26.1. The molecule has 5 rings (SSSR count). The number of ether oxygens (including phenoxy) is 1. The molecule has 1 aliphatic carbocycles. The van der Waals surface area contributed by atoms with Crippen molar-refractivity contribution >= 4 is 23.3 Å². The second-order valence-corrected chi connectivity index (χ2v) is 8.99. The fraction of sp³-hybridized carbons (Fsp3) is 0.435. The van der Waals surface area contributed by atoms with Gasteiger partial charge in [0.05, 0.1) is 12.1 Å². The summed E-state index contributed by atoms with van der Waals surface area (Å²) in [5, 5.41) is 10.4. The van der Waals surface area contributed by atoms with Crippen molar-refractivity contribution in [3.05, 3.63) is 58.4 Å². The molecule has 31 heavy (non-hydrogen) atoms. The van der Waals surface area contributed by atoms with Gasteiger partial charge in [-0.3, -0.25) is 9.80 Å². The van der Waals surface area contributed by atoms with Crippen molar-refractivity contribution in [3.8, 4) is 5.75 Å². The monoisotopic (exact) mass is 445 g/mol. The molecular formula is C23H25ClFN3O3. The molecule has 0 bridgehead atoms. The Balaban J connectivity index is 1.46. The molecular weight excluding hydrogens is 421 g/mol. The van der Waals surface area contributed by atoms with Crippen molar-refractivity contribution in [2.75, 3.05) is 38.1 Å². The number of urea groups is 1. The molecule has 0 saturated carbocycles. The fourth-order valence-electron chi connectivity index (χ4n) is 4.91. The Morgan fingerprint density at radius 1 is 1.19 bits per heavy atom. The van der Waals surface area contributed by atoms with Crippen molar-refractivity contribution < 1.29 is 19.0 Å². The molecule has 0 radical (unpaired) electrons. The van der Waals surface area contributed by atoms with Gasteiger partial charge in [-0.25, -0.2) is 9.18 Å². The summed E-state index contributed by atoms with van der Waals surface area (Å²) in [6, 6.07) is 10.4. The summed E-state index contributed by atoms with van der Waals surface area (Å²) in [6.07, 6.45) is 0.410. The topological polar surface area (TPSA) is 56.3 Å². The highest BCUT2D eigenvalue weighted by atomic mass is 35.5. The van der Waals surface area contributed by atoms with Crippen LogP contribution in [0.15, 0.2) is 36.4 Å². The number of halogens is 2. The lowest BCUT2D eigenvalue weighted by Crippen LogP contribution is -2.39. The summed E-state index contributed by atoms with van der Waals surface area (Å²) >= 11 is 6.17. The number of hydrogen-bond acceptors (Lipinski definition) is 4. The van der Waals surface area contributed by atoms with E-state index in [0.29, 0.717) is 48.8 Å². The van der Waals surface area contributed by atoms with Crippen molar-refractivity contribution in [2.24, 2.45) is 0 Å². The minimum Gasteiger partial charge on any atom is -0.484 e. The molecule has 3 aliphatic rings. The average Bonchev–Trinajstić information content (AvgIpc) is 3.41. The molecule has 1 N–H and O–H groups in total. The van der Waals surface area contributed by atoms with Crippen molar-refractivity contribution in [1.29, 1.82) is 0 Å². The second-order valence-electron chi connectivity index (χ2n) is 8.56. The Hall–Kier alpha value is -2.35. The third kappa shape index (κ3) is 3.75. The lowest BCUT2D eigenvalue weighted by molar-refractivity contribution is 0.0818. The summed E-state index contributed by atoms with van der Waals surface area (Å²) < 4.78 is 21.1. The molecule has 2 aromatic rings. The lowest BCUT2D eigenvalue weighted by atomic mass is 10.1. The van der Waals surface area contributed by atoms with E-state index in [4.69, 9.17) is 16.3 Å². The van der Waals surface area contributed by atoms with Crippen LogP contribution in [-0.4, -0.2) is 66.3 Å². The molecule has 2 aliphatic heterocycles. The standard InChI is InChI=1S/C23H25ClFN3O3/c1-26-7-8-28(23(26)30)15-3-2-4-17(11-15)31-22-19-9-14(24)10-20(25)18(19)12-21(22)27-6-5-16(29)13-27/h2-4,9-11,16,21-22,29H,5-8,12-13H2,1H3/t16-,21+,22+/m1/s1. The van der Waals surface area contributed by atoms with Crippen LogP contribution in [-0.2, 0) is 6.42 Å². The third-order valence-corrected chi connectivity index (χ3v) is 6.75. The molecule has 2 saturated heterocycles. The van der Waals surface area contributed by atoms with E-state index in [1.807, 2.05) is 24.3 Å². The van der Waals surface area contributed by atoms with Crippen LogP contribution in [0.2, 0.25) is 5.02 Å². The number of likely N-dealkylation sites (N-methyl/N-ethyl adjacent to an activating group) is 1. The Morgan fingerprint density at radius 2 is 2.03 bits per heavy atom. The van der Waals surface area contributed by atoms with Crippen LogP contribution in [0.3, 0.4) is 0 Å². The number of anilines is 1. The Morgan fingerprint density at radius 3 is 2.74 bits per heavy atom. The van der Waals surface area contributed by atoms with E-state index < -0.39 is 6.10 Å². The maximum Gasteiger partial charge on any atom is 0.324 e. The van der Waals surface area contributed by atoms with Crippen LogP contribution in [0.4, 0.5) is 14.9 Å². The first kappa shape index (κ1) is 20.5. The van der Waals surface area contributed by atoms with E-state index in [0.717, 1.165) is 17.8 Å². The zero-order chi connectivity index (χ0) is 21.7. The number of fused-ring (bicyclic) bond motifs is 1. The van der Waals surface area contributed by atoms with Gasteiger partial charge in [0.15, 0.2) is 0 Å². The first-order valence-corrected chi connectivity index (χ1v) is 11.0. The minimum absolute atomic E-state index is 0.0406. The predicted octanol–water partition coefficient (Wildman–Crippen LogP) is 3.46. The van der Waals surface area contributed by atoms with Gasteiger partial charge in [-0.1, -0.05) is 17.7 Å². The van der Waals surface area contributed by atoms with E-state index in [1.54, 1.807) is 22.9 Å². The van der Waals surface area contributed by atoms with Crippen molar-refractivity contribution in [3.63, 3.8) is 0 Å². The molecule has 0 spiro atoms. The average molecular weight is 446 g/mol. The Labute approximate surface area is 185 Å². The molecule has 3 atom stereocenters. The van der Waals surface area contributed by atoms with Gasteiger partial charge in [0, 0.05) is 55.6 Å². The number of β-amino-alcohol motifs (C(OH)–C–C–N with tert-alkyl or cyclic N) is 1. The third-order valence-electron chi connectivity index (χ3n) is 6.54. The molecule has 2 amide bonds. The minimum atomic E-state index is -0.416. The van der Waals surface area contributed by atoms with Gasteiger partial charge < -0.3 is 14.7 Å². The summed E-state index contributed by atoms with van der Waals surface area (Å²) in [7, 11) is 1.78. The summed E-state index contributed by atoms with van der Waals surface area (Å²) in [5.41, 5.74) is 2.14. The van der Waals surface area contributed by atoms with E-state index in [-0.39, 0.29) is 24.0 Å². The number of rotatable bonds is 4. The second kappa shape index (κ2) is 7.97. The quantitative estimate of drug-likeness (QED) is 0.783. The number of hydrogen-bond donors (Lipinski definition) is 1. The van der Waals surface area contributed by atoms with Gasteiger partial charge in [-0.05, 0) is 42.7 Å². The number of nitrogens with zero attached hydrogens (tertiary/aromatic N) is 3. The zero-order valence-electron chi connectivity index (χ0n) is 17.3. The van der Waals surface area contributed by atoms with Crippen LogP contribution in [0.1, 0.15) is 23.7 Å². The van der Waals surface area contributed by atoms with Gasteiger partial charge in [0.1, 0.15) is 17.7 Å². The number of likely N-dealkylation sites (tertiary alicyclic amines) is 1. The zero-order valence-corrected chi connectivity index (χ0v) is 18.1. The molecule has 0 unspecified atom stereocenters. The fourth-order valence-corrected chi connectivity index (χ4v) is 5.12. The van der Waals surface area contributed by atoms with Crippen LogP contribution < -0.4 is 9.64 Å².